The normalized spacial score (nSPS) is 18.5. The van der Waals surface area contributed by atoms with Crippen molar-refractivity contribution in [3.63, 3.8) is 0 Å². The summed E-state index contributed by atoms with van der Waals surface area (Å²) in [4.78, 5) is 21.7. The number of aliphatic imine (C=N–C) groups is 1. The fourth-order valence-electron chi connectivity index (χ4n) is 4.33. The Hall–Kier alpha value is -3.60. The van der Waals surface area contributed by atoms with Crippen molar-refractivity contribution in [2.45, 2.75) is 32.4 Å². The number of fused-ring (bicyclic) bond motifs is 1. The van der Waals surface area contributed by atoms with Crippen molar-refractivity contribution in [3.8, 4) is 11.1 Å². The first-order valence-corrected chi connectivity index (χ1v) is 13.4. The van der Waals surface area contributed by atoms with Crippen LogP contribution in [0.25, 0.3) is 11.1 Å². The Balaban J connectivity index is 1.55. The Morgan fingerprint density at radius 3 is 2.64 bits per heavy atom. The first-order valence-electron chi connectivity index (χ1n) is 11.6. The number of hydrogen-bond donors (Lipinski definition) is 1. The molecule has 1 aliphatic carbocycles. The fourth-order valence-corrected chi connectivity index (χ4v) is 4.84. The number of alkyl halides is 1. The zero-order valence-electron chi connectivity index (χ0n) is 20.5. The van der Waals surface area contributed by atoms with Crippen LogP contribution in [-0.2, 0) is 34.7 Å². The van der Waals surface area contributed by atoms with Crippen LogP contribution in [-0.4, -0.2) is 54.2 Å². The van der Waals surface area contributed by atoms with Crippen molar-refractivity contribution in [2.24, 2.45) is 18.0 Å². The van der Waals surface area contributed by atoms with Crippen molar-refractivity contribution in [2.75, 3.05) is 22.9 Å². The number of aryl methyl sites for hydroxylation is 1. The minimum absolute atomic E-state index is 0.0438. The molecular weight excluding hydrogens is 483 g/mol. The number of carbonyl (C=O) groups is 1. The summed E-state index contributed by atoms with van der Waals surface area (Å²) in [6.45, 7) is 1.90. The number of nitrogens with one attached hydrogen (secondary N) is 1. The van der Waals surface area contributed by atoms with E-state index in [2.05, 4.69) is 20.4 Å². The van der Waals surface area contributed by atoms with Crippen molar-refractivity contribution in [1.29, 1.82) is 0 Å². The lowest BCUT2D eigenvalue weighted by atomic mass is 10.1. The Bertz CT molecular complexity index is 1510. The molecule has 9 nitrogen and oxygen atoms in total. The molecule has 0 saturated heterocycles. The fraction of sp³-hybridized carbons (Fsp3) is 0.360. The second kappa shape index (κ2) is 8.81. The predicted octanol–water partition coefficient (Wildman–Crippen LogP) is 3.74. The van der Waals surface area contributed by atoms with Crippen LogP contribution in [0.3, 0.4) is 0 Å². The van der Waals surface area contributed by atoms with Gasteiger partial charge in [-0.15, -0.1) is 0 Å². The minimum Gasteiger partial charge on any atom is -0.352 e. The number of sulfonamides is 1. The number of rotatable bonds is 8. The summed E-state index contributed by atoms with van der Waals surface area (Å²) in [5.41, 5.74) is 6.08. The number of hydrogen-bond acceptors (Lipinski definition) is 7. The van der Waals surface area contributed by atoms with E-state index in [1.807, 2.05) is 26.2 Å². The Morgan fingerprint density at radius 1 is 1.25 bits per heavy atom. The van der Waals surface area contributed by atoms with Gasteiger partial charge >= 0.3 is 0 Å². The zero-order valence-corrected chi connectivity index (χ0v) is 21.3. The summed E-state index contributed by atoms with van der Waals surface area (Å²) in [5.74, 6) is -0.695. The molecule has 1 fully saturated rings. The number of anilines is 3. The second-order valence-corrected chi connectivity index (χ2v) is 11.5. The van der Waals surface area contributed by atoms with Crippen LogP contribution >= 0.6 is 0 Å². The third kappa shape index (κ3) is 4.75. The molecule has 1 N–H and O–H groups in total. The van der Waals surface area contributed by atoms with Crippen LogP contribution in [0.15, 0.2) is 41.7 Å². The average Bonchev–Trinajstić information content (AvgIpc) is 3.18. The van der Waals surface area contributed by atoms with Crippen LogP contribution in [0.5, 0.6) is 0 Å². The van der Waals surface area contributed by atoms with Crippen LogP contribution < -0.4 is 9.62 Å². The summed E-state index contributed by atoms with van der Waals surface area (Å²) in [5, 5.41) is 7.54. The summed E-state index contributed by atoms with van der Waals surface area (Å²) in [6, 6.07) is 7.22. The highest BCUT2D eigenvalue weighted by Gasteiger charge is 2.43. The van der Waals surface area contributed by atoms with Crippen molar-refractivity contribution in [1.82, 2.24) is 14.8 Å². The standard InChI is InChI=1S/C25H27FN6O3S/c1-14-7-21-25(28-14)22(9-17(29-21)10-24(33)18-11-19(18)26)30-20-6-5-15(16-12-27-31(2)13-16)8-23(20)32(3)36(4,34)35/h5-6,8-9,12-13,18-19H,7,10-11H2,1-4H3,(H,29,30)/t18?,19-/m0/s1. The van der Waals surface area contributed by atoms with Crippen LogP contribution in [0, 0.1) is 5.92 Å². The van der Waals surface area contributed by atoms with Gasteiger partial charge in [-0.25, -0.2) is 12.8 Å². The van der Waals surface area contributed by atoms with E-state index in [0.29, 0.717) is 34.9 Å². The molecule has 3 aromatic rings. The highest BCUT2D eigenvalue weighted by Crippen LogP contribution is 2.41. The lowest BCUT2D eigenvalue weighted by molar-refractivity contribution is -0.120. The molecule has 1 aromatic carbocycles. The topological polar surface area (TPSA) is 110 Å². The van der Waals surface area contributed by atoms with E-state index in [1.54, 1.807) is 29.1 Å². The average molecular weight is 511 g/mol. The van der Waals surface area contributed by atoms with Crippen molar-refractivity contribution >= 4 is 44.3 Å². The maximum Gasteiger partial charge on any atom is 0.232 e. The Morgan fingerprint density at radius 2 is 2.00 bits per heavy atom. The molecule has 2 atom stereocenters. The maximum absolute atomic E-state index is 13.4. The summed E-state index contributed by atoms with van der Waals surface area (Å²) < 4.78 is 41.2. The van der Waals surface area contributed by atoms with E-state index >= 15 is 0 Å². The van der Waals surface area contributed by atoms with E-state index in [1.165, 1.54) is 11.4 Å². The predicted molar refractivity (Wildman–Crippen MR) is 138 cm³/mol. The number of nitrogens with zero attached hydrogens (tertiary/aromatic N) is 5. The lowest BCUT2D eigenvalue weighted by Crippen LogP contribution is -2.25. The quantitative estimate of drug-likeness (QED) is 0.495. The van der Waals surface area contributed by atoms with Crippen LogP contribution in [0.2, 0.25) is 0 Å². The largest absolute Gasteiger partial charge is 0.352 e. The first-order chi connectivity index (χ1) is 17.0. The lowest BCUT2D eigenvalue weighted by Gasteiger charge is -2.22. The van der Waals surface area contributed by atoms with Gasteiger partial charge in [0.25, 0.3) is 0 Å². The third-order valence-corrected chi connectivity index (χ3v) is 7.66. The van der Waals surface area contributed by atoms with Gasteiger partial charge < -0.3 is 5.32 Å². The number of benzene rings is 1. The molecule has 0 radical (unpaired) electrons. The molecule has 5 rings (SSSR count). The third-order valence-electron chi connectivity index (χ3n) is 6.47. The zero-order chi connectivity index (χ0) is 25.8. The smallest absolute Gasteiger partial charge is 0.232 e. The number of ketones is 1. The van der Waals surface area contributed by atoms with Gasteiger partial charge in [0.05, 0.1) is 46.8 Å². The van der Waals surface area contributed by atoms with Gasteiger partial charge in [0.1, 0.15) is 17.6 Å². The summed E-state index contributed by atoms with van der Waals surface area (Å²) >= 11 is 0. The van der Waals surface area contributed by atoms with E-state index in [-0.39, 0.29) is 18.6 Å². The van der Waals surface area contributed by atoms with Gasteiger partial charge in [-0.1, -0.05) is 6.07 Å². The number of pyridine rings is 1. The highest BCUT2D eigenvalue weighted by molar-refractivity contribution is 7.92. The molecule has 2 aromatic heterocycles. The van der Waals surface area contributed by atoms with E-state index < -0.39 is 22.1 Å². The van der Waals surface area contributed by atoms with Gasteiger partial charge in [0.15, 0.2) is 0 Å². The summed E-state index contributed by atoms with van der Waals surface area (Å²) in [7, 11) is -0.255. The Kier molecular flexibility index (Phi) is 5.90. The maximum atomic E-state index is 13.4. The molecule has 3 heterocycles. The van der Waals surface area contributed by atoms with Gasteiger partial charge in [0.2, 0.25) is 10.0 Å². The first kappa shape index (κ1) is 24.1. The van der Waals surface area contributed by atoms with Crippen molar-refractivity contribution in [3.05, 3.63) is 48.0 Å². The molecule has 2 aliphatic rings. The second-order valence-electron chi connectivity index (χ2n) is 9.47. The Labute approximate surface area is 209 Å². The monoisotopic (exact) mass is 510 g/mol. The highest BCUT2D eigenvalue weighted by atomic mass is 32.2. The van der Waals surface area contributed by atoms with Crippen LogP contribution in [0.4, 0.5) is 27.1 Å². The van der Waals surface area contributed by atoms with Gasteiger partial charge in [-0.3, -0.25) is 23.8 Å². The SMILES string of the molecule is CC1=Nc2c(Nc3ccc(-c4cnn(C)c4)cc3N(C)S(C)(=O)=O)cc(CC(=O)C3C[C@@H]3F)nc2C1. The van der Waals surface area contributed by atoms with Crippen molar-refractivity contribution < 1.29 is 17.6 Å². The van der Waals surface area contributed by atoms with Gasteiger partial charge in [-0.2, -0.15) is 5.10 Å². The molecule has 36 heavy (non-hydrogen) atoms. The molecule has 1 aliphatic heterocycles. The number of Topliss-reactive ketones (excluding diaryl/α,β-unsaturated/α-hetero) is 1. The number of carbonyl (C=O) groups excluding carboxylic acids is 1. The van der Waals surface area contributed by atoms with E-state index in [0.717, 1.165) is 28.8 Å². The minimum atomic E-state index is -3.56. The van der Waals surface area contributed by atoms with Crippen LogP contribution in [0.1, 0.15) is 24.7 Å². The molecule has 0 spiro atoms. The molecule has 0 bridgehead atoms. The van der Waals surface area contributed by atoms with Gasteiger partial charge in [-0.05, 0) is 37.1 Å². The molecule has 11 heteroatoms. The van der Waals surface area contributed by atoms with Gasteiger partial charge in [0, 0.05) is 44.4 Å². The molecule has 0 amide bonds. The summed E-state index contributed by atoms with van der Waals surface area (Å²) in [6.07, 6.45) is 4.53. The molecule has 1 saturated carbocycles. The number of aromatic nitrogens is 3. The van der Waals surface area contributed by atoms with E-state index in [4.69, 9.17) is 0 Å². The number of halogens is 1. The van der Waals surface area contributed by atoms with E-state index in [9.17, 15) is 17.6 Å². The molecule has 1 unspecified atom stereocenters. The molecule has 188 valence electrons. The molecular formula is C25H27FN6O3S.